The minimum absolute atomic E-state index is 0.359. The van der Waals surface area contributed by atoms with Crippen molar-refractivity contribution in [1.82, 2.24) is 0 Å². The van der Waals surface area contributed by atoms with Crippen molar-refractivity contribution < 1.29 is 8.85 Å². The van der Waals surface area contributed by atoms with Crippen molar-refractivity contribution in [3.05, 3.63) is 0 Å². The van der Waals surface area contributed by atoms with Crippen molar-refractivity contribution in [3.8, 4) is 0 Å². The lowest BCUT2D eigenvalue weighted by Gasteiger charge is -2.30. The van der Waals surface area contributed by atoms with Crippen molar-refractivity contribution >= 4 is 8.56 Å². The summed E-state index contributed by atoms with van der Waals surface area (Å²) in [5.74, 6) is 0. The molecule has 0 saturated carbocycles. The highest BCUT2D eigenvalue weighted by molar-refractivity contribution is 6.66. The average molecular weight is 415 g/mol. The molecular weight excluding hydrogens is 360 g/mol. The van der Waals surface area contributed by atoms with E-state index in [1.54, 1.807) is 0 Å². The van der Waals surface area contributed by atoms with Crippen LogP contribution in [0.15, 0.2) is 0 Å². The summed E-state index contributed by atoms with van der Waals surface area (Å²) in [6, 6.07) is 1.16. The molecule has 0 rings (SSSR count). The smallest absolute Gasteiger partial charge is 0.335 e. The van der Waals surface area contributed by atoms with Crippen molar-refractivity contribution in [1.29, 1.82) is 0 Å². The normalized spacial score (nSPS) is 14.9. The summed E-state index contributed by atoms with van der Waals surface area (Å²) >= 11 is 0. The predicted octanol–water partition coefficient (Wildman–Crippen LogP) is 9.17. The SMILES string of the molecule is CCCCCCCCCCC(C)O[Si](C)(CCCCCCCCCC)OCC. The quantitative estimate of drug-likeness (QED) is 0.130. The zero-order chi connectivity index (χ0) is 20.9. The van der Waals surface area contributed by atoms with E-state index >= 15 is 0 Å². The van der Waals surface area contributed by atoms with Gasteiger partial charge in [0.15, 0.2) is 0 Å². The Balaban J connectivity index is 3.83. The number of rotatable bonds is 22. The van der Waals surface area contributed by atoms with Crippen molar-refractivity contribution in [2.24, 2.45) is 0 Å². The highest BCUT2D eigenvalue weighted by atomic mass is 28.4. The largest absolute Gasteiger partial charge is 0.395 e. The average Bonchev–Trinajstić information content (AvgIpc) is 2.66. The second-order valence-corrected chi connectivity index (χ2v) is 12.3. The van der Waals surface area contributed by atoms with Gasteiger partial charge in [-0.25, -0.2) is 0 Å². The summed E-state index contributed by atoms with van der Waals surface area (Å²) in [6.45, 7) is 12.0. The van der Waals surface area contributed by atoms with E-state index in [1.165, 1.54) is 109 Å². The Labute approximate surface area is 179 Å². The first kappa shape index (κ1) is 28.1. The van der Waals surface area contributed by atoms with E-state index in [2.05, 4.69) is 34.2 Å². The molecule has 0 radical (unpaired) electrons. The third-order valence-corrected chi connectivity index (χ3v) is 8.91. The molecule has 28 heavy (non-hydrogen) atoms. The van der Waals surface area contributed by atoms with Gasteiger partial charge >= 0.3 is 8.56 Å². The molecule has 0 aliphatic rings. The maximum atomic E-state index is 6.51. The third kappa shape index (κ3) is 18.2. The van der Waals surface area contributed by atoms with E-state index in [9.17, 15) is 0 Å². The molecule has 170 valence electrons. The molecule has 2 nitrogen and oxygen atoms in total. The molecule has 0 aliphatic heterocycles. The molecule has 0 saturated heterocycles. The van der Waals surface area contributed by atoms with E-state index in [4.69, 9.17) is 8.85 Å². The molecule has 3 heteroatoms. The summed E-state index contributed by atoms with van der Waals surface area (Å²) in [7, 11) is -1.98. The van der Waals surface area contributed by atoms with Crippen LogP contribution in [0.1, 0.15) is 137 Å². The Kier molecular flexibility index (Phi) is 20.5. The fourth-order valence-corrected chi connectivity index (χ4v) is 6.90. The van der Waals surface area contributed by atoms with E-state index in [1.807, 2.05) is 0 Å². The maximum Gasteiger partial charge on any atom is 0.335 e. The minimum atomic E-state index is -1.98. The van der Waals surface area contributed by atoms with Crippen LogP contribution in [0, 0.1) is 0 Å². The lowest BCUT2D eigenvalue weighted by Crippen LogP contribution is -2.41. The zero-order valence-corrected chi connectivity index (χ0v) is 21.3. The van der Waals surface area contributed by atoms with Crippen molar-refractivity contribution in [2.45, 2.75) is 156 Å². The van der Waals surface area contributed by atoms with Gasteiger partial charge in [0.2, 0.25) is 0 Å². The molecule has 0 bridgehead atoms. The Hall–Kier alpha value is 0.137. The summed E-state index contributed by atoms with van der Waals surface area (Å²) in [5, 5.41) is 0. The number of unbranched alkanes of at least 4 members (excludes halogenated alkanes) is 14. The van der Waals surface area contributed by atoms with Crippen LogP contribution >= 0.6 is 0 Å². The van der Waals surface area contributed by atoms with Gasteiger partial charge in [0.05, 0.1) is 0 Å². The highest BCUT2D eigenvalue weighted by Crippen LogP contribution is 2.23. The fraction of sp³-hybridized carbons (Fsp3) is 1.00. The summed E-state index contributed by atoms with van der Waals surface area (Å²) < 4.78 is 12.7. The molecule has 2 unspecified atom stereocenters. The third-order valence-electron chi connectivity index (χ3n) is 5.85. The van der Waals surface area contributed by atoms with Crippen LogP contribution in [-0.4, -0.2) is 21.3 Å². The monoisotopic (exact) mass is 414 g/mol. The van der Waals surface area contributed by atoms with Gasteiger partial charge in [-0.05, 0) is 32.9 Å². The Morgan fingerprint density at radius 3 is 1.50 bits per heavy atom. The van der Waals surface area contributed by atoms with Crippen LogP contribution < -0.4 is 0 Å². The van der Waals surface area contributed by atoms with Crippen LogP contribution in [0.25, 0.3) is 0 Å². The lowest BCUT2D eigenvalue weighted by atomic mass is 10.1. The molecule has 0 aliphatic carbocycles. The van der Waals surface area contributed by atoms with Gasteiger partial charge in [-0.1, -0.05) is 117 Å². The second kappa shape index (κ2) is 20.4. The summed E-state index contributed by atoms with van der Waals surface area (Å²) in [6.07, 6.45) is 23.6. The first-order valence-electron chi connectivity index (χ1n) is 12.9. The molecule has 0 fully saturated rings. The topological polar surface area (TPSA) is 18.5 Å². The van der Waals surface area contributed by atoms with E-state index in [0.717, 1.165) is 12.7 Å². The van der Waals surface area contributed by atoms with Crippen LogP contribution in [0.4, 0.5) is 0 Å². The lowest BCUT2D eigenvalue weighted by molar-refractivity contribution is 0.122. The Morgan fingerprint density at radius 1 is 0.607 bits per heavy atom. The number of hydrogen-bond acceptors (Lipinski definition) is 2. The molecule has 0 aromatic heterocycles. The first-order chi connectivity index (χ1) is 13.6. The Bertz CT molecular complexity index is 311. The predicted molar refractivity (Wildman–Crippen MR) is 128 cm³/mol. The van der Waals surface area contributed by atoms with E-state index < -0.39 is 8.56 Å². The van der Waals surface area contributed by atoms with Gasteiger partial charge in [-0.3, -0.25) is 0 Å². The standard InChI is InChI=1S/C25H54O2Si/c1-6-9-11-13-15-17-19-21-23-25(4)27-28(5,26-8-3)24-22-20-18-16-14-12-10-7-2/h25H,6-24H2,1-5H3. The van der Waals surface area contributed by atoms with Gasteiger partial charge < -0.3 is 8.85 Å². The van der Waals surface area contributed by atoms with Gasteiger partial charge in [0, 0.05) is 12.7 Å². The first-order valence-corrected chi connectivity index (χ1v) is 15.4. The zero-order valence-electron chi connectivity index (χ0n) is 20.3. The van der Waals surface area contributed by atoms with Crippen molar-refractivity contribution in [3.63, 3.8) is 0 Å². The van der Waals surface area contributed by atoms with E-state index in [0.29, 0.717) is 6.10 Å². The molecule has 0 amide bonds. The summed E-state index contributed by atoms with van der Waals surface area (Å²) in [4.78, 5) is 0. The fourth-order valence-electron chi connectivity index (χ4n) is 4.10. The van der Waals surface area contributed by atoms with Crippen LogP contribution in [0.2, 0.25) is 12.6 Å². The molecule has 0 aromatic carbocycles. The van der Waals surface area contributed by atoms with Crippen LogP contribution in [0.3, 0.4) is 0 Å². The van der Waals surface area contributed by atoms with Crippen LogP contribution in [-0.2, 0) is 8.85 Å². The molecule has 2 atom stereocenters. The van der Waals surface area contributed by atoms with Crippen LogP contribution in [0.5, 0.6) is 0 Å². The van der Waals surface area contributed by atoms with E-state index in [-0.39, 0.29) is 0 Å². The summed E-state index contributed by atoms with van der Waals surface area (Å²) in [5.41, 5.74) is 0. The highest BCUT2D eigenvalue weighted by Gasteiger charge is 2.32. The molecule has 0 spiro atoms. The molecule has 0 N–H and O–H groups in total. The molecular formula is C25H54O2Si. The second-order valence-electron chi connectivity index (χ2n) is 8.98. The Morgan fingerprint density at radius 2 is 1.04 bits per heavy atom. The minimum Gasteiger partial charge on any atom is -0.395 e. The number of hydrogen-bond donors (Lipinski definition) is 0. The maximum absolute atomic E-state index is 6.51. The molecule has 0 aromatic rings. The van der Waals surface area contributed by atoms with Gasteiger partial charge in [0.1, 0.15) is 0 Å². The van der Waals surface area contributed by atoms with Crippen molar-refractivity contribution in [2.75, 3.05) is 6.61 Å². The van der Waals surface area contributed by atoms with Gasteiger partial charge in [0.25, 0.3) is 0 Å². The van der Waals surface area contributed by atoms with Gasteiger partial charge in [-0.15, -0.1) is 0 Å². The molecule has 0 heterocycles. The van der Waals surface area contributed by atoms with Gasteiger partial charge in [-0.2, -0.15) is 0 Å².